The van der Waals surface area contributed by atoms with Gasteiger partial charge in [-0.15, -0.1) is 0 Å². The maximum absolute atomic E-state index is 4.40. The summed E-state index contributed by atoms with van der Waals surface area (Å²) in [5.74, 6) is 0. The molecule has 0 aromatic carbocycles. The van der Waals surface area contributed by atoms with E-state index in [1.54, 1.807) is 0 Å². The van der Waals surface area contributed by atoms with Crippen molar-refractivity contribution in [2.24, 2.45) is 0 Å². The summed E-state index contributed by atoms with van der Waals surface area (Å²) in [5.41, 5.74) is 1.29. The van der Waals surface area contributed by atoms with Crippen molar-refractivity contribution in [2.45, 2.75) is 78.4 Å². The molecule has 104 valence electrons. The van der Waals surface area contributed by atoms with E-state index in [4.69, 9.17) is 0 Å². The fourth-order valence-electron chi connectivity index (χ4n) is 2.00. The third-order valence-electron chi connectivity index (χ3n) is 3.14. The average Bonchev–Trinajstić information content (AvgIpc) is 2.79. The Morgan fingerprint density at radius 1 is 1.17 bits per heavy atom. The van der Waals surface area contributed by atoms with Crippen molar-refractivity contribution in [1.29, 1.82) is 0 Å². The van der Waals surface area contributed by atoms with Crippen LogP contribution in [-0.2, 0) is 13.1 Å². The van der Waals surface area contributed by atoms with Crippen molar-refractivity contribution in [3.63, 3.8) is 0 Å². The minimum Gasteiger partial charge on any atom is -0.310 e. The first-order chi connectivity index (χ1) is 8.72. The zero-order valence-corrected chi connectivity index (χ0v) is 12.3. The predicted octanol–water partition coefficient (Wildman–Crippen LogP) is 3.74. The maximum atomic E-state index is 4.40. The second-order valence-corrected chi connectivity index (χ2v) is 5.42. The molecule has 3 heteroatoms. The summed E-state index contributed by atoms with van der Waals surface area (Å²) < 4.78 is 2.08. The van der Waals surface area contributed by atoms with Crippen LogP contribution in [0.1, 0.15) is 64.9 Å². The fraction of sp³-hybridized carbons (Fsp3) is 0.800. The molecule has 1 aromatic heterocycles. The first kappa shape index (κ1) is 15.2. The molecule has 0 fully saturated rings. The second kappa shape index (κ2) is 9.15. The number of nitrogens with zero attached hydrogens (tertiary/aromatic N) is 2. The van der Waals surface area contributed by atoms with Crippen LogP contribution in [0.2, 0.25) is 0 Å². The zero-order valence-electron chi connectivity index (χ0n) is 12.3. The number of hydrogen-bond acceptors (Lipinski definition) is 2. The monoisotopic (exact) mass is 251 g/mol. The van der Waals surface area contributed by atoms with Crippen molar-refractivity contribution in [1.82, 2.24) is 15.1 Å². The Hall–Kier alpha value is -0.830. The lowest BCUT2D eigenvalue weighted by molar-refractivity contribution is 0.526. The van der Waals surface area contributed by atoms with E-state index in [9.17, 15) is 0 Å². The number of aryl methyl sites for hydroxylation is 1. The summed E-state index contributed by atoms with van der Waals surface area (Å²) in [7, 11) is 0. The van der Waals surface area contributed by atoms with Gasteiger partial charge in [-0.1, -0.05) is 52.9 Å². The molecular formula is C15H29N3. The highest BCUT2D eigenvalue weighted by atomic mass is 15.3. The first-order valence-electron chi connectivity index (χ1n) is 7.47. The SMILES string of the molecule is CCCCCCCCn1cc(CNC(C)C)cn1. The number of nitrogens with one attached hydrogen (secondary N) is 1. The highest BCUT2D eigenvalue weighted by Gasteiger charge is 1.99. The largest absolute Gasteiger partial charge is 0.310 e. The first-order valence-corrected chi connectivity index (χ1v) is 7.47. The van der Waals surface area contributed by atoms with E-state index >= 15 is 0 Å². The highest BCUT2D eigenvalue weighted by Crippen LogP contribution is 2.06. The van der Waals surface area contributed by atoms with E-state index in [2.05, 4.69) is 42.1 Å². The molecule has 0 unspecified atom stereocenters. The van der Waals surface area contributed by atoms with Gasteiger partial charge >= 0.3 is 0 Å². The molecule has 3 nitrogen and oxygen atoms in total. The Kier molecular flexibility index (Phi) is 7.74. The fourth-order valence-corrected chi connectivity index (χ4v) is 2.00. The van der Waals surface area contributed by atoms with E-state index in [0.717, 1.165) is 13.1 Å². The van der Waals surface area contributed by atoms with Gasteiger partial charge in [-0.3, -0.25) is 4.68 Å². The molecule has 0 saturated carbocycles. The third-order valence-corrected chi connectivity index (χ3v) is 3.14. The molecular weight excluding hydrogens is 222 g/mol. The van der Waals surface area contributed by atoms with Crippen molar-refractivity contribution < 1.29 is 0 Å². The minimum atomic E-state index is 0.534. The molecule has 1 N–H and O–H groups in total. The average molecular weight is 251 g/mol. The van der Waals surface area contributed by atoms with E-state index in [0.29, 0.717) is 6.04 Å². The van der Waals surface area contributed by atoms with Crippen LogP contribution in [0, 0.1) is 0 Å². The van der Waals surface area contributed by atoms with E-state index in [-0.39, 0.29) is 0 Å². The van der Waals surface area contributed by atoms with Crippen LogP contribution < -0.4 is 5.32 Å². The topological polar surface area (TPSA) is 29.9 Å². The molecule has 18 heavy (non-hydrogen) atoms. The van der Waals surface area contributed by atoms with Gasteiger partial charge < -0.3 is 5.32 Å². The summed E-state index contributed by atoms with van der Waals surface area (Å²) >= 11 is 0. The van der Waals surface area contributed by atoms with Gasteiger partial charge in [0.25, 0.3) is 0 Å². The van der Waals surface area contributed by atoms with Gasteiger partial charge in [0.1, 0.15) is 0 Å². The normalized spacial score (nSPS) is 11.3. The Morgan fingerprint density at radius 3 is 2.61 bits per heavy atom. The standard InChI is InChI=1S/C15H29N3/c1-4-5-6-7-8-9-10-18-13-15(12-17-18)11-16-14(2)3/h12-14,16H,4-11H2,1-3H3. The molecule has 0 aliphatic carbocycles. The maximum Gasteiger partial charge on any atom is 0.0534 e. The van der Waals surface area contributed by atoms with E-state index in [1.807, 2.05) is 6.20 Å². The van der Waals surface area contributed by atoms with Crippen LogP contribution in [0.25, 0.3) is 0 Å². The number of aromatic nitrogens is 2. The van der Waals surface area contributed by atoms with Crippen molar-refractivity contribution >= 4 is 0 Å². The highest BCUT2D eigenvalue weighted by molar-refractivity contribution is 5.03. The van der Waals surface area contributed by atoms with Gasteiger partial charge in [0, 0.05) is 30.9 Å². The van der Waals surface area contributed by atoms with Gasteiger partial charge in [0.2, 0.25) is 0 Å². The van der Waals surface area contributed by atoms with Gasteiger partial charge in [-0.2, -0.15) is 5.10 Å². The summed E-state index contributed by atoms with van der Waals surface area (Å²) in [5, 5.41) is 7.82. The van der Waals surface area contributed by atoms with Crippen molar-refractivity contribution in [2.75, 3.05) is 0 Å². The molecule has 1 aromatic rings. The zero-order chi connectivity index (χ0) is 13.2. The molecule has 0 aliphatic rings. The van der Waals surface area contributed by atoms with Crippen molar-refractivity contribution in [3.05, 3.63) is 18.0 Å². The predicted molar refractivity (Wildman–Crippen MR) is 77.6 cm³/mol. The minimum absolute atomic E-state index is 0.534. The Morgan fingerprint density at radius 2 is 1.89 bits per heavy atom. The molecule has 0 spiro atoms. The lowest BCUT2D eigenvalue weighted by Gasteiger charge is -2.05. The molecule has 0 amide bonds. The lowest BCUT2D eigenvalue weighted by atomic mass is 10.1. The van der Waals surface area contributed by atoms with Gasteiger partial charge in [-0.05, 0) is 6.42 Å². The quantitative estimate of drug-likeness (QED) is 0.642. The Labute approximate surface area is 112 Å². The van der Waals surface area contributed by atoms with Crippen molar-refractivity contribution in [3.8, 4) is 0 Å². The van der Waals surface area contributed by atoms with Gasteiger partial charge in [0.15, 0.2) is 0 Å². The molecule has 0 atom stereocenters. The Balaban J connectivity index is 2.11. The van der Waals surface area contributed by atoms with Gasteiger partial charge in [-0.25, -0.2) is 0 Å². The molecule has 1 rings (SSSR count). The van der Waals surface area contributed by atoms with Gasteiger partial charge in [0.05, 0.1) is 6.20 Å². The van der Waals surface area contributed by atoms with Crippen LogP contribution in [0.4, 0.5) is 0 Å². The summed E-state index contributed by atoms with van der Waals surface area (Å²) in [6, 6.07) is 0.534. The molecule has 0 bridgehead atoms. The molecule has 0 saturated heterocycles. The van der Waals surface area contributed by atoms with Crippen LogP contribution >= 0.6 is 0 Å². The summed E-state index contributed by atoms with van der Waals surface area (Å²) in [6.07, 6.45) is 12.2. The van der Waals surface area contributed by atoms with Crippen LogP contribution in [-0.4, -0.2) is 15.8 Å². The number of hydrogen-bond donors (Lipinski definition) is 1. The number of unbranched alkanes of at least 4 members (excludes halogenated alkanes) is 5. The molecule has 1 heterocycles. The smallest absolute Gasteiger partial charge is 0.0534 e. The van der Waals surface area contributed by atoms with E-state index in [1.165, 1.54) is 44.1 Å². The van der Waals surface area contributed by atoms with Crippen LogP contribution in [0.15, 0.2) is 12.4 Å². The van der Waals surface area contributed by atoms with Crippen LogP contribution in [0.3, 0.4) is 0 Å². The summed E-state index contributed by atoms with van der Waals surface area (Å²) in [4.78, 5) is 0. The Bertz CT molecular complexity index is 304. The molecule has 0 aliphatic heterocycles. The van der Waals surface area contributed by atoms with Crippen LogP contribution in [0.5, 0.6) is 0 Å². The number of rotatable bonds is 10. The third kappa shape index (κ3) is 6.80. The lowest BCUT2D eigenvalue weighted by Crippen LogP contribution is -2.21. The summed E-state index contributed by atoms with van der Waals surface area (Å²) in [6.45, 7) is 8.58. The van der Waals surface area contributed by atoms with E-state index < -0.39 is 0 Å². The second-order valence-electron chi connectivity index (χ2n) is 5.42. The molecule has 0 radical (unpaired) electrons.